The summed E-state index contributed by atoms with van der Waals surface area (Å²) in [5, 5.41) is 0.916. The number of nitrogens with one attached hydrogen (secondary N) is 1. The van der Waals surface area contributed by atoms with Crippen LogP contribution in [0.4, 0.5) is 5.69 Å². The second kappa shape index (κ2) is 5.35. The van der Waals surface area contributed by atoms with Crippen LogP contribution in [0.2, 0.25) is 5.02 Å². The molecule has 0 aliphatic rings. The fourth-order valence-electron chi connectivity index (χ4n) is 2.05. The second-order valence-corrected chi connectivity index (χ2v) is 6.47. The summed E-state index contributed by atoms with van der Waals surface area (Å²) < 4.78 is 27.5. The molecule has 0 atom stereocenters. The summed E-state index contributed by atoms with van der Waals surface area (Å²) in [6.07, 6.45) is 1.66. The topological polar surface area (TPSA) is 59.1 Å². The summed E-state index contributed by atoms with van der Waals surface area (Å²) in [5.41, 5.74) is 1.19. The van der Waals surface area contributed by atoms with E-state index >= 15 is 0 Å². The number of rotatable bonds is 3. The molecule has 4 nitrogen and oxygen atoms in total. The van der Waals surface area contributed by atoms with Gasteiger partial charge in [-0.05, 0) is 36.4 Å². The van der Waals surface area contributed by atoms with E-state index in [1.807, 2.05) is 12.1 Å². The van der Waals surface area contributed by atoms with Crippen LogP contribution in [-0.2, 0) is 10.0 Å². The molecule has 106 valence electrons. The largest absolute Gasteiger partial charge is 0.279 e. The summed E-state index contributed by atoms with van der Waals surface area (Å²) in [6.45, 7) is 0. The maximum atomic E-state index is 12.5. The third-order valence-corrected chi connectivity index (χ3v) is 4.88. The number of sulfonamides is 1. The number of hydrogen-bond donors (Lipinski definition) is 1. The van der Waals surface area contributed by atoms with Crippen molar-refractivity contribution < 1.29 is 8.42 Å². The lowest BCUT2D eigenvalue weighted by atomic mass is 10.2. The zero-order valence-corrected chi connectivity index (χ0v) is 12.4. The Morgan fingerprint density at radius 2 is 1.76 bits per heavy atom. The highest BCUT2D eigenvalue weighted by Crippen LogP contribution is 2.27. The van der Waals surface area contributed by atoms with E-state index in [0.717, 1.165) is 10.9 Å². The van der Waals surface area contributed by atoms with Gasteiger partial charge in [0.2, 0.25) is 0 Å². The first-order valence-corrected chi connectivity index (χ1v) is 8.05. The Balaban J connectivity index is 2.08. The molecule has 0 spiro atoms. The van der Waals surface area contributed by atoms with Crippen LogP contribution in [0.15, 0.2) is 65.7 Å². The first-order valence-electron chi connectivity index (χ1n) is 6.19. The number of aromatic nitrogens is 1. The first-order chi connectivity index (χ1) is 10.1. The van der Waals surface area contributed by atoms with Crippen molar-refractivity contribution in [3.63, 3.8) is 0 Å². The smallest absolute Gasteiger partial charge is 0.263 e. The van der Waals surface area contributed by atoms with Crippen molar-refractivity contribution in [1.29, 1.82) is 0 Å². The molecule has 0 unspecified atom stereocenters. The first kappa shape index (κ1) is 13.9. The molecule has 0 fully saturated rings. The summed E-state index contributed by atoms with van der Waals surface area (Å²) >= 11 is 5.96. The average Bonchev–Trinajstić information content (AvgIpc) is 2.47. The zero-order chi connectivity index (χ0) is 14.9. The lowest BCUT2D eigenvalue weighted by Crippen LogP contribution is -2.13. The van der Waals surface area contributed by atoms with E-state index in [2.05, 4.69) is 9.71 Å². The summed E-state index contributed by atoms with van der Waals surface area (Å²) in [7, 11) is -3.75. The minimum atomic E-state index is -3.75. The number of fused-ring (bicyclic) bond motifs is 1. The third kappa shape index (κ3) is 2.70. The Hall–Kier alpha value is -2.11. The number of hydrogen-bond acceptors (Lipinski definition) is 3. The quantitative estimate of drug-likeness (QED) is 0.801. The van der Waals surface area contributed by atoms with Gasteiger partial charge in [0.25, 0.3) is 10.0 Å². The Labute approximate surface area is 127 Å². The van der Waals surface area contributed by atoms with Crippen LogP contribution in [0.25, 0.3) is 10.9 Å². The fraction of sp³-hybridized carbons (Fsp3) is 0. The van der Waals surface area contributed by atoms with Gasteiger partial charge < -0.3 is 0 Å². The van der Waals surface area contributed by atoms with Crippen molar-refractivity contribution in [1.82, 2.24) is 4.98 Å². The van der Waals surface area contributed by atoms with E-state index < -0.39 is 10.0 Å². The molecule has 0 saturated heterocycles. The van der Waals surface area contributed by atoms with Crippen LogP contribution < -0.4 is 4.72 Å². The van der Waals surface area contributed by atoms with Crippen LogP contribution in [0, 0.1) is 0 Å². The molecule has 0 aliphatic carbocycles. The molecule has 1 heterocycles. The zero-order valence-electron chi connectivity index (χ0n) is 10.8. The molecule has 0 saturated carbocycles. The predicted molar refractivity (Wildman–Crippen MR) is 84.0 cm³/mol. The molecule has 6 heteroatoms. The molecule has 0 amide bonds. The molecule has 3 aromatic rings. The maximum Gasteiger partial charge on any atom is 0.263 e. The van der Waals surface area contributed by atoms with Crippen LogP contribution in [0.3, 0.4) is 0 Å². The Morgan fingerprint density at radius 3 is 2.57 bits per heavy atom. The van der Waals surface area contributed by atoms with Crippen molar-refractivity contribution in [2.75, 3.05) is 4.72 Å². The highest BCUT2D eigenvalue weighted by Gasteiger charge is 2.18. The second-order valence-electron chi connectivity index (χ2n) is 4.41. The van der Waals surface area contributed by atoms with E-state index in [1.54, 1.807) is 42.6 Å². The van der Waals surface area contributed by atoms with Gasteiger partial charge in [-0.2, -0.15) is 0 Å². The van der Waals surface area contributed by atoms with E-state index in [4.69, 9.17) is 11.6 Å². The van der Waals surface area contributed by atoms with Crippen molar-refractivity contribution in [3.05, 3.63) is 65.8 Å². The predicted octanol–water partition coefficient (Wildman–Crippen LogP) is 3.69. The highest BCUT2D eigenvalue weighted by molar-refractivity contribution is 7.92. The van der Waals surface area contributed by atoms with Crippen molar-refractivity contribution in [2.24, 2.45) is 0 Å². The van der Waals surface area contributed by atoms with Gasteiger partial charge in [-0.1, -0.05) is 29.8 Å². The molecule has 0 bridgehead atoms. The normalized spacial score (nSPS) is 11.5. The van der Waals surface area contributed by atoms with Gasteiger partial charge >= 0.3 is 0 Å². The van der Waals surface area contributed by atoms with Crippen molar-refractivity contribution >= 4 is 38.2 Å². The number of benzene rings is 2. The van der Waals surface area contributed by atoms with Gasteiger partial charge in [-0.3, -0.25) is 9.71 Å². The van der Waals surface area contributed by atoms with Gasteiger partial charge in [0, 0.05) is 11.6 Å². The Morgan fingerprint density at radius 1 is 0.952 bits per heavy atom. The third-order valence-electron chi connectivity index (χ3n) is 3.02. The molecule has 1 N–H and O–H groups in total. The van der Waals surface area contributed by atoms with E-state index in [0.29, 0.717) is 5.69 Å². The van der Waals surface area contributed by atoms with E-state index in [9.17, 15) is 8.42 Å². The molecular weight excluding hydrogens is 308 g/mol. The van der Waals surface area contributed by atoms with Gasteiger partial charge in [0.15, 0.2) is 0 Å². The van der Waals surface area contributed by atoms with Gasteiger partial charge in [0.1, 0.15) is 4.90 Å². The molecule has 1 aromatic heterocycles. The Bertz CT molecular complexity index is 905. The van der Waals surface area contributed by atoms with Crippen LogP contribution in [0.5, 0.6) is 0 Å². The SMILES string of the molecule is O=S(=O)(Nc1cccc2ncccc12)c1ccccc1Cl. The number of pyridine rings is 1. The lowest BCUT2D eigenvalue weighted by Gasteiger charge is -2.11. The molecular formula is C15H11ClN2O2S. The lowest BCUT2D eigenvalue weighted by molar-refractivity contribution is 0.601. The number of nitrogens with zero attached hydrogens (tertiary/aromatic N) is 1. The molecule has 21 heavy (non-hydrogen) atoms. The highest BCUT2D eigenvalue weighted by atomic mass is 35.5. The molecule has 3 rings (SSSR count). The van der Waals surface area contributed by atoms with Gasteiger partial charge in [0.05, 0.1) is 16.2 Å². The number of halogens is 1. The monoisotopic (exact) mass is 318 g/mol. The van der Waals surface area contributed by atoms with Gasteiger partial charge in [-0.25, -0.2) is 8.42 Å². The average molecular weight is 319 g/mol. The summed E-state index contributed by atoms with van der Waals surface area (Å²) in [6, 6.07) is 15.2. The van der Waals surface area contributed by atoms with Gasteiger partial charge in [-0.15, -0.1) is 0 Å². The van der Waals surface area contributed by atoms with Crippen molar-refractivity contribution in [3.8, 4) is 0 Å². The molecule has 2 aromatic carbocycles. The minimum absolute atomic E-state index is 0.0487. The van der Waals surface area contributed by atoms with Crippen molar-refractivity contribution in [2.45, 2.75) is 4.90 Å². The van der Waals surface area contributed by atoms with Crippen LogP contribution in [0.1, 0.15) is 0 Å². The summed E-state index contributed by atoms with van der Waals surface area (Å²) in [4.78, 5) is 4.25. The van der Waals surface area contributed by atoms with E-state index in [1.165, 1.54) is 6.07 Å². The molecule has 0 radical (unpaired) electrons. The van der Waals surface area contributed by atoms with Crippen LogP contribution in [-0.4, -0.2) is 13.4 Å². The minimum Gasteiger partial charge on any atom is -0.279 e. The van der Waals surface area contributed by atoms with E-state index in [-0.39, 0.29) is 9.92 Å². The maximum absolute atomic E-state index is 12.5. The molecule has 0 aliphatic heterocycles. The number of anilines is 1. The fourth-order valence-corrected chi connectivity index (χ4v) is 3.66. The standard InChI is InChI=1S/C15H11ClN2O2S/c16-12-6-1-2-9-15(12)21(19,20)18-14-8-3-7-13-11(14)5-4-10-17-13/h1-10,18H. The van der Waals surface area contributed by atoms with Crippen LogP contribution >= 0.6 is 11.6 Å². The Kier molecular flexibility index (Phi) is 3.53. The summed E-state index contributed by atoms with van der Waals surface area (Å²) in [5.74, 6) is 0.